The third-order valence-electron chi connectivity index (χ3n) is 6.87. The van der Waals surface area contributed by atoms with E-state index in [1.54, 1.807) is 38.5 Å². The molecule has 0 radical (unpaired) electrons. The van der Waals surface area contributed by atoms with Crippen molar-refractivity contribution in [3.8, 4) is 17.4 Å². The van der Waals surface area contributed by atoms with Gasteiger partial charge >= 0.3 is 0 Å². The van der Waals surface area contributed by atoms with Crippen LogP contribution in [-0.2, 0) is 13.1 Å². The number of fused-ring (bicyclic) bond motifs is 2. The number of aromatic nitrogens is 1. The molecular formula is C28H27BrN4O4. The topological polar surface area (TPSA) is 88.7 Å². The second kappa shape index (κ2) is 10.4. The quantitative estimate of drug-likeness (QED) is 0.266. The van der Waals surface area contributed by atoms with Gasteiger partial charge in [0.15, 0.2) is 17.2 Å². The molecule has 2 heterocycles. The molecule has 1 amide bonds. The van der Waals surface area contributed by atoms with E-state index in [1.165, 1.54) is 5.56 Å². The number of azo groups is 1. The van der Waals surface area contributed by atoms with Gasteiger partial charge in [-0.1, -0.05) is 34.1 Å². The molecule has 1 aliphatic heterocycles. The highest BCUT2D eigenvalue weighted by Crippen LogP contribution is 2.42. The minimum absolute atomic E-state index is 0.0389. The van der Waals surface area contributed by atoms with Crippen LogP contribution >= 0.6 is 15.9 Å². The van der Waals surface area contributed by atoms with Crippen molar-refractivity contribution in [2.75, 3.05) is 20.8 Å². The molecule has 190 valence electrons. The molecule has 1 atom stereocenters. The molecule has 37 heavy (non-hydrogen) atoms. The van der Waals surface area contributed by atoms with Gasteiger partial charge in [-0.25, -0.2) is 0 Å². The minimum atomic E-state index is -0.471. The van der Waals surface area contributed by atoms with Crippen molar-refractivity contribution in [1.82, 2.24) is 9.47 Å². The molecule has 0 unspecified atom stereocenters. The molecule has 3 aromatic carbocycles. The van der Waals surface area contributed by atoms with Gasteiger partial charge in [0.25, 0.3) is 5.91 Å². The predicted octanol–water partition coefficient (Wildman–Crippen LogP) is 6.63. The Morgan fingerprint density at radius 1 is 1.08 bits per heavy atom. The van der Waals surface area contributed by atoms with Gasteiger partial charge in [-0.2, -0.15) is 0 Å². The first-order valence-corrected chi connectivity index (χ1v) is 12.7. The summed E-state index contributed by atoms with van der Waals surface area (Å²) in [6.45, 7) is 3.37. The second-order valence-corrected chi connectivity index (χ2v) is 9.83. The summed E-state index contributed by atoms with van der Waals surface area (Å²) < 4.78 is 13.7. The summed E-state index contributed by atoms with van der Waals surface area (Å²) in [5, 5.41) is 20.1. The largest absolute Gasteiger partial charge is 0.493 e. The van der Waals surface area contributed by atoms with E-state index in [0.717, 1.165) is 34.3 Å². The average Bonchev–Trinajstić information content (AvgIpc) is 3.17. The van der Waals surface area contributed by atoms with Crippen LogP contribution in [0.4, 0.5) is 5.69 Å². The summed E-state index contributed by atoms with van der Waals surface area (Å²) in [4.78, 5) is 14.8. The van der Waals surface area contributed by atoms with E-state index in [4.69, 9.17) is 9.47 Å². The van der Waals surface area contributed by atoms with Gasteiger partial charge in [-0.15, -0.1) is 10.2 Å². The van der Waals surface area contributed by atoms with Crippen LogP contribution in [-0.4, -0.2) is 41.2 Å². The molecule has 0 fully saturated rings. The van der Waals surface area contributed by atoms with Crippen LogP contribution in [0.5, 0.6) is 17.4 Å². The van der Waals surface area contributed by atoms with Crippen LogP contribution in [0.2, 0.25) is 0 Å². The maximum absolute atomic E-state index is 12.5. The number of hydrogen-bond acceptors (Lipinski definition) is 6. The van der Waals surface area contributed by atoms with E-state index in [2.05, 4.69) is 38.0 Å². The Hall–Kier alpha value is -3.69. The fourth-order valence-corrected chi connectivity index (χ4v) is 5.20. The van der Waals surface area contributed by atoms with Crippen molar-refractivity contribution in [1.29, 1.82) is 0 Å². The molecular weight excluding hydrogens is 536 g/mol. The molecule has 0 saturated carbocycles. The maximum Gasteiger partial charge on any atom is 0.295 e. The molecule has 1 N–H and O–H groups in total. The fourth-order valence-electron chi connectivity index (χ4n) is 4.84. The van der Waals surface area contributed by atoms with E-state index >= 15 is 0 Å². The van der Waals surface area contributed by atoms with Gasteiger partial charge in [0.05, 0.1) is 26.4 Å². The molecule has 0 bridgehead atoms. The summed E-state index contributed by atoms with van der Waals surface area (Å²) in [6, 6.07) is 18.6. The number of methoxy groups -OCH3 is 2. The summed E-state index contributed by atoms with van der Waals surface area (Å²) in [6.07, 6.45) is 0.837. The third-order valence-corrected chi connectivity index (χ3v) is 7.36. The smallest absolute Gasteiger partial charge is 0.295 e. The highest BCUT2D eigenvalue weighted by atomic mass is 79.9. The Morgan fingerprint density at radius 2 is 1.81 bits per heavy atom. The highest BCUT2D eigenvalue weighted by Gasteiger charge is 2.28. The first-order valence-electron chi connectivity index (χ1n) is 11.9. The van der Waals surface area contributed by atoms with Gasteiger partial charge in [-0.05, 0) is 66.9 Å². The Bertz CT molecular complexity index is 1500. The second-order valence-electron chi connectivity index (χ2n) is 8.92. The van der Waals surface area contributed by atoms with Crippen molar-refractivity contribution >= 4 is 38.4 Å². The lowest BCUT2D eigenvalue weighted by Gasteiger charge is -2.36. The Labute approximate surface area is 223 Å². The first-order chi connectivity index (χ1) is 17.9. The third kappa shape index (κ3) is 4.72. The molecule has 0 aliphatic carbocycles. The molecule has 0 saturated heterocycles. The minimum Gasteiger partial charge on any atom is -0.493 e. The molecule has 8 nitrogen and oxygen atoms in total. The van der Waals surface area contributed by atoms with Crippen molar-refractivity contribution in [2.24, 2.45) is 10.2 Å². The summed E-state index contributed by atoms with van der Waals surface area (Å²) >= 11 is 3.51. The van der Waals surface area contributed by atoms with Crippen molar-refractivity contribution in [3.63, 3.8) is 0 Å². The standard InChI is InChI=1S/C28H27BrN4O4/c1-17-21-15-25(37-3)24(36-2)13-19(21)11-12-32(17)16-33-23-10-9-20(29)14-22(23)26(28(33)35)30-31-27(34)18-7-5-4-6-8-18/h4-10,13-15,17,35H,11-12,16H2,1-3H3/t17-/m1/s1. The fraction of sp³-hybridized carbons (Fsp3) is 0.250. The van der Waals surface area contributed by atoms with Gasteiger partial charge in [0.1, 0.15) is 0 Å². The zero-order chi connectivity index (χ0) is 26.1. The monoisotopic (exact) mass is 562 g/mol. The lowest BCUT2D eigenvalue weighted by molar-refractivity contribution is 0.0995. The van der Waals surface area contributed by atoms with Crippen LogP contribution < -0.4 is 9.47 Å². The summed E-state index contributed by atoms with van der Waals surface area (Å²) in [7, 11) is 3.28. The molecule has 9 heteroatoms. The zero-order valence-corrected chi connectivity index (χ0v) is 22.4. The maximum atomic E-state index is 12.5. The lowest BCUT2D eigenvalue weighted by atomic mass is 9.93. The molecule has 1 aromatic heterocycles. The Morgan fingerprint density at radius 3 is 2.54 bits per heavy atom. The van der Waals surface area contributed by atoms with E-state index in [0.29, 0.717) is 23.4 Å². The van der Waals surface area contributed by atoms with Gasteiger partial charge in [0.2, 0.25) is 5.88 Å². The molecule has 0 spiro atoms. The van der Waals surface area contributed by atoms with Crippen molar-refractivity contribution < 1.29 is 19.4 Å². The number of halogens is 1. The Balaban J connectivity index is 1.49. The zero-order valence-electron chi connectivity index (χ0n) is 20.8. The van der Waals surface area contributed by atoms with Crippen LogP contribution in [0.25, 0.3) is 10.9 Å². The summed E-state index contributed by atoms with van der Waals surface area (Å²) in [5.41, 5.74) is 3.88. The van der Waals surface area contributed by atoms with Crippen LogP contribution in [0.15, 0.2) is 75.4 Å². The average molecular weight is 563 g/mol. The SMILES string of the molecule is COc1cc2c(cc1OC)[C@@H](C)N(Cn1c(O)c(N=NC(=O)c3ccccc3)c3cc(Br)ccc31)CC2. The number of rotatable bonds is 6. The number of ether oxygens (including phenoxy) is 2. The molecule has 5 rings (SSSR count). The van der Waals surface area contributed by atoms with Crippen LogP contribution in [0.1, 0.15) is 34.5 Å². The first kappa shape index (κ1) is 25.0. The van der Waals surface area contributed by atoms with Crippen LogP contribution in [0, 0.1) is 0 Å². The number of aromatic hydroxyl groups is 1. The van der Waals surface area contributed by atoms with E-state index in [1.807, 2.05) is 41.0 Å². The van der Waals surface area contributed by atoms with E-state index in [-0.39, 0.29) is 17.6 Å². The predicted molar refractivity (Wildman–Crippen MR) is 145 cm³/mol. The van der Waals surface area contributed by atoms with Crippen molar-refractivity contribution in [2.45, 2.75) is 26.1 Å². The van der Waals surface area contributed by atoms with Crippen LogP contribution in [0.3, 0.4) is 0 Å². The molecule has 1 aliphatic rings. The number of carbonyl (C=O) groups is 1. The van der Waals surface area contributed by atoms with Gasteiger partial charge in [0, 0.05) is 28.0 Å². The number of hydrogen-bond donors (Lipinski definition) is 1. The number of amides is 1. The highest BCUT2D eigenvalue weighted by molar-refractivity contribution is 9.10. The Kier molecular flexibility index (Phi) is 6.99. The summed E-state index contributed by atoms with van der Waals surface area (Å²) in [5.74, 6) is 0.908. The number of benzene rings is 3. The number of nitrogens with zero attached hydrogens (tertiary/aromatic N) is 4. The van der Waals surface area contributed by atoms with E-state index in [9.17, 15) is 9.90 Å². The van der Waals surface area contributed by atoms with Gasteiger partial charge in [-0.3, -0.25) is 14.3 Å². The lowest BCUT2D eigenvalue weighted by Crippen LogP contribution is -2.35. The van der Waals surface area contributed by atoms with E-state index < -0.39 is 5.91 Å². The normalized spacial score (nSPS) is 15.7. The van der Waals surface area contributed by atoms with Crippen molar-refractivity contribution in [3.05, 3.63) is 81.8 Å². The number of carbonyl (C=O) groups excluding carboxylic acids is 1. The van der Waals surface area contributed by atoms with Gasteiger partial charge < -0.3 is 14.6 Å². The molecule has 4 aromatic rings.